The van der Waals surface area contributed by atoms with Crippen LogP contribution >= 0.6 is 0 Å². The van der Waals surface area contributed by atoms with Crippen LogP contribution in [0, 0.1) is 0 Å². The fourth-order valence-corrected chi connectivity index (χ4v) is 2.45. The van der Waals surface area contributed by atoms with Gasteiger partial charge in [-0.15, -0.1) is 0 Å². The van der Waals surface area contributed by atoms with Gasteiger partial charge in [0.2, 0.25) is 5.91 Å². The number of carbonyl (C=O) groups is 3. The van der Waals surface area contributed by atoms with Gasteiger partial charge in [0.25, 0.3) is 0 Å². The number of aromatic nitrogens is 1. The van der Waals surface area contributed by atoms with Crippen LogP contribution < -0.4 is 5.73 Å². The van der Waals surface area contributed by atoms with E-state index < -0.39 is 17.8 Å². The summed E-state index contributed by atoms with van der Waals surface area (Å²) < 4.78 is 5.03. The van der Waals surface area contributed by atoms with Gasteiger partial charge in [-0.2, -0.15) is 0 Å². The second-order valence-electron chi connectivity index (χ2n) is 5.07. The maximum Gasteiger partial charge on any atom is 0.355 e. The van der Waals surface area contributed by atoms with Crippen molar-refractivity contribution in [2.24, 2.45) is 5.73 Å². The number of aryl methyl sites for hydroxylation is 1. The fraction of sp³-hybridized carbons (Fsp3) is 0.312. The van der Waals surface area contributed by atoms with Crippen LogP contribution in [0.3, 0.4) is 0 Å². The summed E-state index contributed by atoms with van der Waals surface area (Å²) >= 11 is 0. The molecule has 0 spiro atoms. The summed E-state index contributed by atoms with van der Waals surface area (Å²) in [5, 5.41) is 9.45. The van der Waals surface area contributed by atoms with Gasteiger partial charge in [0.1, 0.15) is 5.69 Å². The van der Waals surface area contributed by atoms with Gasteiger partial charge in [-0.3, -0.25) is 9.59 Å². The third-order valence-electron chi connectivity index (χ3n) is 3.49. The van der Waals surface area contributed by atoms with Crippen LogP contribution in [-0.2, 0) is 16.0 Å². The SMILES string of the molecule is CCOC(=O)c1[nH]c2ccc(C(N)=O)cc2c1CCCC(=O)O. The van der Waals surface area contributed by atoms with Gasteiger partial charge >= 0.3 is 11.9 Å². The van der Waals surface area contributed by atoms with E-state index in [9.17, 15) is 14.4 Å². The number of ether oxygens (including phenoxy) is 1. The molecule has 0 radical (unpaired) electrons. The highest BCUT2D eigenvalue weighted by atomic mass is 16.5. The quantitative estimate of drug-likeness (QED) is 0.672. The Kier molecular flexibility index (Phi) is 5.00. The standard InChI is InChI=1S/C16H18N2O5/c1-2-23-16(22)14-10(4-3-5-13(19)20)11-8-9(15(17)21)6-7-12(11)18-14/h6-8,18H,2-5H2,1H3,(H2,17,21)(H,19,20). The van der Waals surface area contributed by atoms with E-state index in [4.69, 9.17) is 15.6 Å². The molecule has 1 heterocycles. The summed E-state index contributed by atoms with van der Waals surface area (Å²) in [7, 11) is 0. The minimum Gasteiger partial charge on any atom is -0.481 e. The molecule has 0 aliphatic rings. The van der Waals surface area contributed by atoms with E-state index in [2.05, 4.69) is 4.98 Å². The molecule has 7 heteroatoms. The number of hydrogen-bond acceptors (Lipinski definition) is 4. The van der Waals surface area contributed by atoms with Gasteiger partial charge in [-0.1, -0.05) is 0 Å². The first-order valence-electron chi connectivity index (χ1n) is 7.27. The van der Waals surface area contributed by atoms with E-state index in [0.29, 0.717) is 34.9 Å². The van der Waals surface area contributed by atoms with Gasteiger partial charge < -0.3 is 20.6 Å². The monoisotopic (exact) mass is 318 g/mol. The van der Waals surface area contributed by atoms with Gasteiger partial charge in [0, 0.05) is 22.9 Å². The molecule has 0 bridgehead atoms. The zero-order chi connectivity index (χ0) is 17.0. The Hall–Kier alpha value is -2.83. The van der Waals surface area contributed by atoms with Crippen molar-refractivity contribution in [3.05, 3.63) is 35.0 Å². The number of esters is 1. The van der Waals surface area contributed by atoms with Crippen molar-refractivity contribution < 1.29 is 24.2 Å². The van der Waals surface area contributed by atoms with E-state index in [1.807, 2.05) is 0 Å². The van der Waals surface area contributed by atoms with E-state index in [1.54, 1.807) is 25.1 Å². The number of benzene rings is 1. The minimum atomic E-state index is -0.902. The van der Waals surface area contributed by atoms with Crippen LogP contribution in [0.2, 0.25) is 0 Å². The van der Waals surface area contributed by atoms with Crippen molar-refractivity contribution in [2.75, 3.05) is 6.61 Å². The lowest BCUT2D eigenvalue weighted by Crippen LogP contribution is -2.10. The molecule has 7 nitrogen and oxygen atoms in total. The van der Waals surface area contributed by atoms with Crippen LogP contribution in [-0.4, -0.2) is 34.5 Å². The Morgan fingerprint density at radius 2 is 2.04 bits per heavy atom. The zero-order valence-corrected chi connectivity index (χ0v) is 12.7. The lowest BCUT2D eigenvalue weighted by molar-refractivity contribution is -0.137. The summed E-state index contributed by atoms with van der Waals surface area (Å²) in [6.07, 6.45) is 0.739. The Balaban J connectivity index is 2.48. The lowest BCUT2D eigenvalue weighted by Gasteiger charge is -2.04. The van der Waals surface area contributed by atoms with Gasteiger partial charge in [-0.05, 0) is 43.5 Å². The van der Waals surface area contributed by atoms with E-state index in [1.165, 1.54) is 0 Å². The molecule has 0 unspecified atom stereocenters. The minimum absolute atomic E-state index is 0.00948. The molecule has 0 aliphatic heterocycles. The van der Waals surface area contributed by atoms with Crippen LogP contribution in [0.15, 0.2) is 18.2 Å². The third kappa shape index (κ3) is 3.68. The topological polar surface area (TPSA) is 122 Å². The molecule has 0 atom stereocenters. The highest BCUT2D eigenvalue weighted by molar-refractivity contribution is 6.02. The first-order valence-corrected chi connectivity index (χ1v) is 7.27. The van der Waals surface area contributed by atoms with Crippen molar-refractivity contribution in [1.29, 1.82) is 0 Å². The average molecular weight is 318 g/mol. The van der Waals surface area contributed by atoms with E-state index in [-0.39, 0.29) is 18.7 Å². The number of amides is 1. The number of carboxylic acid groups (broad SMARTS) is 1. The summed E-state index contributed by atoms with van der Waals surface area (Å²) in [6, 6.07) is 4.84. The molecule has 0 saturated carbocycles. The molecule has 122 valence electrons. The molecule has 2 rings (SSSR count). The van der Waals surface area contributed by atoms with Crippen LogP contribution in [0.5, 0.6) is 0 Å². The van der Waals surface area contributed by atoms with Crippen LogP contribution in [0.4, 0.5) is 0 Å². The molecular formula is C16H18N2O5. The molecule has 0 saturated heterocycles. The predicted molar refractivity (Wildman–Crippen MR) is 83.3 cm³/mol. The number of H-pyrrole nitrogens is 1. The molecule has 1 aromatic heterocycles. The highest BCUT2D eigenvalue weighted by Gasteiger charge is 2.19. The normalized spacial score (nSPS) is 10.7. The first kappa shape index (κ1) is 16.5. The number of fused-ring (bicyclic) bond motifs is 1. The largest absolute Gasteiger partial charge is 0.481 e. The maximum absolute atomic E-state index is 12.1. The molecular weight excluding hydrogens is 300 g/mol. The van der Waals surface area contributed by atoms with Gasteiger partial charge in [0.15, 0.2) is 0 Å². The number of nitrogens with two attached hydrogens (primary N) is 1. The molecule has 0 fully saturated rings. The average Bonchev–Trinajstić information content (AvgIpc) is 2.85. The second-order valence-corrected chi connectivity index (χ2v) is 5.07. The maximum atomic E-state index is 12.1. The molecule has 1 amide bonds. The highest BCUT2D eigenvalue weighted by Crippen LogP contribution is 2.26. The van der Waals surface area contributed by atoms with Crippen LogP contribution in [0.25, 0.3) is 10.9 Å². The predicted octanol–water partition coefficient (Wildman–Crippen LogP) is 1.85. The number of rotatable bonds is 7. The van der Waals surface area contributed by atoms with E-state index in [0.717, 1.165) is 0 Å². The van der Waals surface area contributed by atoms with E-state index >= 15 is 0 Å². The summed E-state index contributed by atoms with van der Waals surface area (Å²) in [5.74, 6) is -1.97. The lowest BCUT2D eigenvalue weighted by atomic mass is 10.0. The Labute approximate surface area is 132 Å². The molecule has 0 aliphatic carbocycles. The number of carbonyl (C=O) groups excluding carboxylic acids is 2. The van der Waals surface area contributed by atoms with Crippen molar-refractivity contribution in [2.45, 2.75) is 26.2 Å². The number of nitrogens with one attached hydrogen (secondary N) is 1. The number of aliphatic carboxylic acids is 1. The van der Waals surface area contributed by atoms with Crippen molar-refractivity contribution >= 4 is 28.7 Å². The van der Waals surface area contributed by atoms with Crippen molar-refractivity contribution in [3.63, 3.8) is 0 Å². The summed E-state index contributed by atoms with van der Waals surface area (Å²) in [4.78, 5) is 37.1. The molecule has 4 N–H and O–H groups in total. The Bertz CT molecular complexity index is 763. The molecule has 2 aromatic rings. The number of carboxylic acids is 1. The molecule has 1 aromatic carbocycles. The molecule has 23 heavy (non-hydrogen) atoms. The van der Waals surface area contributed by atoms with Gasteiger partial charge in [-0.25, -0.2) is 4.79 Å². The number of aromatic amines is 1. The zero-order valence-electron chi connectivity index (χ0n) is 12.7. The summed E-state index contributed by atoms with van der Waals surface area (Å²) in [6.45, 7) is 1.94. The van der Waals surface area contributed by atoms with Crippen molar-refractivity contribution in [3.8, 4) is 0 Å². The number of hydrogen-bond donors (Lipinski definition) is 3. The van der Waals surface area contributed by atoms with Crippen molar-refractivity contribution in [1.82, 2.24) is 4.98 Å². The Morgan fingerprint density at radius 1 is 1.30 bits per heavy atom. The Morgan fingerprint density at radius 3 is 2.65 bits per heavy atom. The second kappa shape index (κ2) is 6.95. The third-order valence-corrected chi connectivity index (χ3v) is 3.49. The van der Waals surface area contributed by atoms with Gasteiger partial charge in [0.05, 0.1) is 6.61 Å². The summed E-state index contributed by atoms with van der Waals surface area (Å²) in [5.41, 5.74) is 7.21. The first-order chi connectivity index (χ1) is 10.9. The fourth-order valence-electron chi connectivity index (χ4n) is 2.45. The van der Waals surface area contributed by atoms with Crippen LogP contribution in [0.1, 0.15) is 46.2 Å². The number of primary amides is 1. The smallest absolute Gasteiger partial charge is 0.355 e.